The summed E-state index contributed by atoms with van der Waals surface area (Å²) in [5.41, 5.74) is 2.19. The van der Waals surface area contributed by atoms with E-state index in [1.165, 1.54) is 5.56 Å². The van der Waals surface area contributed by atoms with Crippen molar-refractivity contribution in [1.82, 2.24) is 4.98 Å². The quantitative estimate of drug-likeness (QED) is 0.723. The molecule has 0 spiro atoms. The van der Waals surface area contributed by atoms with Gasteiger partial charge in [-0.1, -0.05) is 59.3 Å². The highest BCUT2D eigenvalue weighted by atomic mass is 35.5. The number of aromatic nitrogens is 1. The third kappa shape index (κ3) is 2.57. The number of benzene rings is 2. The van der Waals surface area contributed by atoms with Gasteiger partial charge < -0.3 is 5.32 Å². The first-order chi connectivity index (χ1) is 9.24. The minimum Gasteiger partial charge on any atom is -0.355 e. The van der Waals surface area contributed by atoms with E-state index in [4.69, 9.17) is 11.6 Å². The maximum absolute atomic E-state index is 6.17. The molecule has 0 amide bonds. The number of hydrogen-bond donors (Lipinski definition) is 1. The van der Waals surface area contributed by atoms with Gasteiger partial charge in [-0.25, -0.2) is 4.98 Å². The van der Waals surface area contributed by atoms with Gasteiger partial charge in [0.15, 0.2) is 5.13 Å². The Kier molecular flexibility index (Phi) is 3.40. The minimum absolute atomic E-state index is 0.223. The molecule has 1 atom stereocenters. The molecule has 0 radical (unpaired) electrons. The zero-order valence-corrected chi connectivity index (χ0v) is 12.0. The van der Waals surface area contributed by atoms with E-state index < -0.39 is 0 Å². The standard InChI is InChI=1S/C15H13ClN2S/c1-10(11-6-3-2-4-7-11)17-15-18-13-9-5-8-12(16)14(13)19-15/h2-10H,1H3,(H,17,18). The van der Waals surface area contributed by atoms with Crippen LogP contribution in [0.25, 0.3) is 10.2 Å². The number of rotatable bonds is 3. The Labute approximate surface area is 121 Å². The number of nitrogens with one attached hydrogen (secondary N) is 1. The summed E-state index contributed by atoms with van der Waals surface area (Å²) in [6, 6.07) is 16.4. The van der Waals surface area contributed by atoms with Gasteiger partial charge in [0.25, 0.3) is 0 Å². The molecule has 0 aliphatic heterocycles. The molecule has 3 rings (SSSR count). The first-order valence-electron chi connectivity index (χ1n) is 6.10. The molecule has 1 unspecified atom stereocenters. The Hall–Kier alpha value is -1.58. The van der Waals surface area contributed by atoms with Crippen LogP contribution in [0.3, 0.4) is 0 Å². The average molecular weight is 289 g/mol. The summed E-state index contributed by atoms with van der Waals surface area (Å²) in [4.78, 5) is 4.56. The van der Waals surface area contributed by atoms with Gasteiger partial charge in [0.1, 0.15) is 0 Å². The second-order valence-electron chi connectivity index (χ2n) is 4.38. The summed E-state index contributed by atoms with van der Waals surface area (Å²) in [5.74, 6) is 0. The van der Waals surface area contributed by atoms with Crippen LogP contribution in [0.4, 0.5) is 5.13 Å². The first-order valence-corrected chi connectivity index (χ1v) is 7.30. The van der Waals surface area contributed by atoms with Crippen molar-refractivity contribution in [2.45, 2.75) is 13.0 Å². The van der Waals surface area contributed by atoms with E-state index in [9.17, 15) is 0 Å². The summed E-state index contributed by atoms with van der Waals surface area (Å²) in [6.45, 7) is 2.13. The molecule has 0 bridgehead atoms. The largest absolute Gasteiger partial charge is 0.355 e. The van der Waals surface area contributed by atoms with E-state index in [0.29, 0.717) is 0 Å². The van der Waals surface area contributed by atoms with Crippen LogP contribution in [0, 0.1) is 0 Å². The van der Waals surface area contributed by atoms with E-state index in [1.54, 1.807) is 11.3 Å². The fourth-order valence-electron chi connectivity index (χ4n) is 1.99. The molecule has 19 heavy (non-hydrogen) atoms. The van der Waals surface area contributed by atoms with Crippen molar-refractivity contribution in [2.24, 2.45) is 0 Å². The van der Waals surface area contributed by atoms with E-state index in [-0.39, 0.29) is 6.04 Å². The van der Waals surface area contributed by atoms with E-state index in [2.05, 4.69) is 29.4 Å². The fraction of sp³-hybridized carbons (Fsp3) is 0.133. The lowest BCUT2D eigenvalue weighted by molar-refractivity contribution is 0.883. The Balaban J connectivity index is 1.88. The molecule has 4 heteroatoms. The number of nitrogens with zero attached hydrogens (tertiary/aromatic N) is 1. The zero-order chi connectivity index (χ0) is 13.2. The molecule has 0 fully saturated rings. The topological polar surface area (TPSA) is 24.9 Å². The van der Waals surface area contributed by atoms with E-state index in [1.807, 2.05) is 36.4 Å². The van der Waals surface area contributed by atoms with E-state index >= 15 is 0 Å². The van der Waals surface area contributed by atoms with Gasteiger partial charge >= 0.3 is 0 Å². The van der Waals surface area contributed by atoms with Crippen LogP contribution in [-0.4, -0.2) is 4.98 Å². The molecule has 0 saturated heterocycles. The van der Waals surface area contributed by atoms with Crippen LogP contribution < -0.4 is 5.32 Å². The van der Waals surface area contributed by atoms with E-state index in [0.717, 1.165) is 20.4 Å². The number of fused-ring (bicyclic) bond motifs is 1. The summed E-state index contributed by atoms with van der Waals surface area (Å²) < 4.78 is 1.03. The van der Waals surface area contributed by atoms with Crippen molar-refractivity contribution >= 4 is 38.3 Å². The third-order valence-electron chi connectivity index (χ3n) is 3.01. The molecule has 1 N–H and O–H groups in total. The molecule has 0 saturated carbocycles. The van der Waals surface area contributed by atoms with Crippen LogP contribution in [0.2, 0.25) is 5.02 Å². The zero-order valence-electron chi connectivity index (χ0n) is 10.4. The third-order valence-corrected chi connectivity index (χ3v) is 4.47. The molecular formula is C15H13ClN2S. The van der Waals surface area contributed by atoms with Gasteiger partial charge in [0, 0.05) is 0 Å². The normalized spacial score (nSPS) is 12.5. The number of halogens is 1. The highest BCUT2D eigenvalue weighted by Gasteiger charge is 2.10. The predicted molar refractivity (Wildman–Crippen MR) is 83.1 cm³/mol. The van der Waals surface area contributed by atoms with Crippen molar-refractivity contribution in [3.05, 3.63) is 59.1 Å². The van der Waals surface area contributed by atoms with Gasteiger partial charge in [0.2, 0.25) is 0 Å². The summed E-state index contributed by atoms with van der Waals surface area (Å²) in [6.07, 6.45) is 0. The maximum atomic E-state index is 6.17. The van der Waals surface area contributed by atoms with Gasteiger partial charge in [-0.15, -0.1) is 0 Å². The molecule has 96 valence electrons. The van der Waals surface area contributed by atoms with Crippen molar-refractivity contribution in [3.63, 3.8) is 0 Å². The highest BCUT2D eigenvalue weighted by molar-refractivity contribution is 7.22. The van der Waals surface area contributed by atoms with Crippen molar-refractivity contribution in [2.75, 3.05) is 5.32 Å². The molecule has 0 aliphatic rings. The lowest BCUT2D eigenvalue weighted by Gasteiger charge is -2.12. The Morgan fingerprint density at radius 3 is 2.63 bits per heavy atom. The van der Waals surface area contributed by atoms with Crippen molar-refractivity contribution in [1.29, 1.82) is 0 Å². The second kappa shape index (κ2) is 5.19. The van der Waals surface area contributed by atoms with Crippen LogP contribution in [0.5, 0.6) is 0 Å². The van der Waals surface area contributed by atoms with Crippen molar-refractivity contribution < 1.29 is 0 Å². The molecule has 3 aromatic rings. The van der Waals surface area contributed by atoms with Gasteiger partial charge in [-0.3, -0.25) is 0 Å². The summed E-state index contributed by atoms with van der Waals surface area (Å²) >= 11 is 7.76. The Bertz CT molecular complexity index is 694. The second-order valence-corrected chi connectivity index (χ2v) is 5.79. The molecule has 1 heterocycles. The SMILES string of the molecule is CC(Nc1nc2cccc(Cl)c2s1)c1ccccc1. The van der Waals surface area contributed by atoms with Gasteiger partial charge in [-0.05, 0) is 24.6 Å². The number of thiazole rings is 1. The Morgan fingerprint density at radius 2 is 1.89 bits per heavy atom. The average Bonchev–Trinajstić information content (AvgIpc) is 2.84. The summed E-state index contributed by atoms with van der Waals surface area (Å²) in [7, 11) is 0. The van der Waals surface area contributed by atoms with Crippen molar-refractivity contribution in [3.8, 4) is 0 Å². The highest BCUT2D eigenvalue weighted by Crippen LogP contribution is 2.33. The lowest BCUT2D eigenvalue weighted by Crippen LogP contribution is -2.05. The van der Waals surface area contributed by atoms with Crippen LogP contribution in [0.1, 0.15) is 18.5 Å². The van der Waals surface area contributed by atoms with Gasteiger partial charge in [0.05, 0.1) is 21.3 Å². The maximum Gasteiger partial charge on any atom is 0.184 e. The first kappa shape index (κ1) is 12.5. The predicted octanol–water partition coefficient (Wildman–Crippen LogP) is 5.12. The lowest BCUT2D eigenvalue weighted by atomic mass is 10.1. The molecule has 2 aromatic carbocycles. The smallest absolute Gasteiger partial charge is 0.184 e. The fourth-order valence-corrected chi connectivity index (χ4v) is 3.23. The number of hydrogen-bond acceptors (Lipinski definition) is 3. The molecule has 0 aliphatic carbocycles. The van der Waals surface area contributed by atoms with Gasteiger partial charge in [-0.2, -0.15) is 0 Å². The summed E-state index contributed by atoms with van der Waals surface area (Å²) in [5, 5.41) is 5.09. The van der Waals surface area contributed by atoms with Crippen LogP contribution in [0.15, 0.2) is 48.5 Å². The Morgan fingerprint density at radius 1 is 1.11 bits per heavy atom. The number of anilines is 1. The minimum atomic E-state index is 0.223. The monoisotopic (exact) mass is 288 g/mol. The molecule has 1 aromatic heterocycles. The van der Waals surface area contributed by atoms with Crippen LogP contribution in [-0.2, 0) is 0 Å². The van der Waals surface area contributed by atoms with Crippen LogP contribution >= 0.6 is 22.9 Å². The molecular weight excluding hydrogens is 276 g/mol. The molecule has 2 nitrogen and oxygen atoms in total.